The molecule has 5 N–H and O–H groups in total. The normalized spacial score (nSPS) is 11.1. The first-order chi connectivity index (χ1) is 16.4. The van der Waals surface area contributed by atoms with Crippen LogP contribution in [0.4, 0.5) is 5.69 Å². The Morgan fingerprint density at radius 3 is 2.20 bits per heavy atom. The molecule has 0 bridgehead atoms. The van der Waals surface area contributed by atoms with E-state index in [1.165, 1.54) is 36.7 Å². The van der Waals surface area contributed by atoms with Crippen LogP contribution in [-0.2, 0) is 10.2 Å². The van der Waals surface area contributed by atoms with Crippen molar-refractivity contribution in [3.63, 3.8) is 0 Å². The van der Waals surface area contributed by atoms with E-state index >= 15 is 0 Å². The number of amides is 2. The highest BCUT2D eigenvalue weighted by Crippen LogP contribution is 2.31. The van der Waals surface area contributed by atoms with Gasteiger partial charge in [-0.2, -0.15) is 0 Å². The maximum absolute atomic E-state index is 13.3. The Labute approximate surface area is 199 Å². The van der Waals surface area contributed by atoms with E-state index in [-0.39, 0.29) is 16.8 Å². The van der Waals surface area contributed by atoms with Crippen LogP contribution in [0.1, 0.15) is 47.1 Å². The van der Waals surface area contributed by atoms with E-state index in [9.17, 15) is 29.4 Å². The smallest absolute Gasteiger partial charge is 0.322 e. The second kappa shape index (κ2) is 9.67. The molecule has 3 rings (SSSR count). The van der Waals surface area contributed by atoms with Gasteiger partial charge in [-0.05, 0) is 35.2 Å². The molecule has 35 heavy (non-hydrogen) atoms. The van der Waals surface area contributed by atoms with Crippen LogP contribution in [0.2, 0.25) is 0 Å². The van der Waals surface area contributed by atoms with Crippen LogP contribution in [0.25, 0.3) is 5.69 Å². The lowest BCUT2D eigenvalue weighted by Crippen LogP contribution is -2.34. The summed E-state index contributed by atoms with van der Waals surface area (Å²) in [5.41, 5.74) is -1.72. The van der Waals surface area contributed by atoms with Gasteiger partial charge in [0.05, 0.1) is 17.6 Å². The summed E-state index contributed by atoms with van der Waals surface area (Å²) in [4.78, 5) is 53.6. The highest BCUT2D eigenvalue weighted by atomic mass is 16.4. The van der Waals surface area contributed by atoms with Crippen molar-refractivity contribution in [1.82, 2.24) is 14.9 Å². The third-order valence-corrected chi connectivity index (χ3v) is 5.09. The summed E-state index contributed by atoms with van der Waals surface area (Å²) in [6.45, 7) is 5.13. The second-order valence-electron chi connectivity index (χ2n) is 8.63. The fourth-order valence-electron chi connectivity index (χ4n) is 3.29. The summed E-state index contributed by atoms with van der Waals surface area (Å²) in [6.07, 6.45) is 2.77. The molecule has 11 heteroatoms. The highest BCUT2D eigenvalue weighted by molar-refractivity contribution is 6.10. The largest absolute Gasteiger partial charge is 0.506 e. The predicted molar refractivity (Wildman–Crippen MR) is 126 cm³/mol. The van der Waals surface area contributed by atoms with Crippen molar-refractivity contribution in [2.45, 2.75) is 26.2 Å². The first kappa shape index (κ1) is 25.0. The number of pyridine rings is 2. The molecule has 0 saturated heterocycles. The number of aliphatic carboxylic acids is 1. The third kappa shape index (κ3) is 5.29. The number of rotatable bonds is 6. The number of benzene rings is 1. The van der Waals surface area contributed by atoms with Crippen molar-refractivity contribution in [3.8, 4) is 17.3 Å². The van der Waals surface area contributed by atoms with Crippen molar-refractivity contribution in [2.75, 3.05) is 11.9 Å². The van der Waals surface area contributed by atoms with Gasteiger partial charge >= 0.3 is 5.97 Å². The maximum atomic E-state index is 13.3. The number of hydrogen-bond acceptors (Lipinski definition) is 7. The van der Waals surface area contributed by atoms with Gasteiger partial charge in [-0.3, -0.25) is 24.2 Å². The number of carbonyl (C=O) groups excluding carboxylic acids is 2. The van der Waals surface area contributed by atoms with E-state index in [0.717, 1.165) is 5.56 Å². The van der Waals surface area contributed by atoms with Crippen molar-refractivity contribution in [3.05, 3.63) is 75.8 Å². The summed E-state index contributed by atoms with van der Waals surface area (Å²) in [5, 5.41) is 34.8. The molecule has 0 aliphatic rings. The zero-order valence-corrected chi connectivity index (χ0v) is 19.2. The molecule has 2 heterocycles. The lowest BCUT2D eigenvalue weighted by molar-refractivity contribution is -0.135. The van der Waals surface area contributed by atoms with Crippen LogP contribution in [0.3, 0.4) is 0 Å². The van der Waals surface area contributed by atoms with Gasteiger partial charge in [0.15, 0.2) is 5.75 Å². The predicted octanol–water partition coefficient (Wildman–Crippen LogP) is 2.01. The van der Waals surface area contributed by atoms with Crippen molar-refractivity contribution < 1.29 is 29.7 Å². The molecule has 0 aliphatic carbocycles. The van der Waals surface area contributed by atoms with Crippen LogP contribution < -0.4 is 16.2 Å². The average molecular weight is 480 g/mol. The number of aromatic hydroxyl groups is 2. The topological polar surface area (TPSA) is 171 Å². The molecular formula is C24H24N4O7. The van der Waals surface area contributed by atoms with Gasteiger partial charge in [-0.1, -0.05) is 32.9 Å². The summed E-state index contributed by atoms with van der Waals surface area (Å²) in [5.74, 6) is -5.69. The molecule has 3 aromatic rings. The van der Waals surface area contributed by atoms with E-state index in [1.807, 2.05) is 26.1 Å². The second-order valence-corrected chi connectivity index (χ2v) is 8.63. The molecule has 2 amide bonds. The van der Waals surface area contributed by atoms with Crippen molar-refractivity contribution >= 4 is 23.5 Å². The first-order valence-electron chi connectivity index (χ1n) is 10.4. The van der Waals surface area contributed by atoms with Crippen molar-refractivity contribution in [2.24, 2.45) is 0 Å². The molecule has 0 atom stereocenters. The van der Waals surface area contributed by atoms with Crippen LogP contribution in [0.5, 0.6) is 11.6 Å². The fourth-order valence-corrected chi connectivity index (χ4v) is 3.29. The molecule has 0 aliphatic heterocycles. The minimum atomic E-state index is -1.38. The van der Waals surface area contributed by atoms with Crippen LogP contribution in [0.15, 0.2) is 53.6 Å². The molecule has 11 nitrogen and oxygen atoms in total. The third-order valence-electron chi connectivity index (χ3n) is 5.09. The van der Waals surface area contributed by atoms with Crippen LogP contribution in [0, 0.1) is 0 Å². The van der Waals surface area contributed by atoms with Gasteiger partial charge in [-0.15, -0.1) is 0 Å². The fraction of sp³-hybridized carbons (Fsp3) is 0.208. The Bertz CT molecular complexity index is 1340. The Hall–Kier alpha value is -4.67. The van der Waals surface area contributed by atoms with Crippen molar-refractivity contribution in [1.29, 1.82) is 0 Å². The van der Waals surface area contributed by atoms with E-state index < -0.39 is 52.6 Å². The molecule has 0 fully saturated rings. The molecular weight excluding hydrogens is 456 g/mol. The lowest BCUT2D eigenvalue weighted by atomic mass is 9.87. The molecule has 0 unspecified atom stereocenters. The number of anilines is 1. The zero-order valence-electron chi connectivity index (χ0n) is 19.2. The number of hydrogen-bond donors (Lipinski definition) is 5. The van der Waals surface area contributed by atoms with Crippen LogP contribution >= 0.6 is 0 Å². The van der Waals surface area contributed by atoms with Gasteiger partial charge in [0.1, 0.15) is 17.7 Å². The quantitative estimate of drug-likeness (QED) is 0.357. The Balaban J connectivity index is 2.22. The minimum Gasteiger partial charge on any atom is -0.506 e. The van der Waals surface area contributed by atoms with Gasteiger partial charge in [-0.25, -0.2) is 4.57 Å². The van der Waals surface area contributed by atoms with Gasteiger partial charge in [0.25, 0.3) is 17.4 Å². The molecule has 2 aromatic heterocycles. The van der Waals surface area contributed by atoms with Gasteiger partial charge in [0.2, 0.25) is 5.88 Å². The number of carbonyl (C=O) groups is 3. The Morgan fingerprint density at radius 1 is 1.00 bits per heavy atom. The summed E-state index contributed by atoms with van der Waals surface area (Å²) < 4.78 is 0.694. The van der Waals surface area contributed by atoms with Gasteiger partial charge < -0.3 is 26.0 Å². The molecule has 0 radical (unpaired) electrons. The Kier molecular flexibility index (Phi) is 6.90. The van der Waals surface area contributed by atoms with E-state index in [0.29, 0.717) is 4.57 Å². The SMILES string of the molecule is CC(C)(C)c1ccc(-n2c(O)c(C(=O)NCC(=O)O)c(O)c(C(=O)Nc3cccnc3)c2=O)cc1. The first-order valence-corrected chi connectivity index (χ1v) is 10.4. The number of aromatic nitrogens is 2. The summed E-state index contributed by atoms with van der Waals surface area (Å²) in [6, 6.07) is 9.49. The van der Waals surface area contributed by atoms with E-state index in [4.69, 9.17) is 5.11 Å². The number of carboxylic acid groups (broad SMARTS) is 1. The Morgan fingerprint density at radius 2 is 1.66 bits per heavy atom. The molecule has 182 valence electrons. The maximum Gasteiger partial charge on any atom is 0.322 e. The standard InChI is InChI=1S/C24H24N4O7/c1-24(2,3)13-6-8-15(9-7-13)28-22(34)17(20(32)26-12-16(29)30)19(31)18(23(28)35)21(33)27-14-5-4-10-25-11-14/h4-11,31,34H,12H2,1-3H3,(H,26,32)(H,27,33)(H,29,30). The molecule has 0 spiro atoms. The lowest BCUT2D eigenvalue weighted by Gasteiger charge is -2.20. The zero-order chi connectivity index (χ0) is 25.9. The van der Waals surface area contributed by atoms with Gasteiger partial charge in [0, 0.05) is 6.20 Å². The van der Waals surface area contributed by atoms with E-state index in [1.54, 1.807) is 12.1 Å². The number of nitrogens with zero attached hydrogens (tertiary/aromatic N) is 2. The minimum absolute atomic E-state index is 0.114. The number of nitrogens with one attached hydrogen (secondary N) is 2. The monoisotopic (exact) mass is 480 g/mol. The number of carboxylic acids is 1. The summed E-state index contributed by atoms with van der Waals surface area (Å²) >= 11 is 0. The summed E-state index contributed by atoms with van der Waals surface area (Å²) in [7, 11) is 0. The molecule has 0 saturated carbocycles. The highest BCUT2D eigenvalue weighted by Gasteiger charge is 2.30. The average Bonchev–Trinajstić information content (AvgIpc) is 2.78. The van der Waals surface area contributed by atoms with Crippen LogP contribution in [-0.4, -0.2) is 49.2 Å². The van der Waals surface area contributed by atoms with E-state index in [2.05, 4.69) is 10.3 Å². The molecule has 1 aromatic carbocycles.